The van der Waals surface area contributed by atoms with Gasteiger partial charge in [-0.15, -0.1) is 0 Å². The lowest BCUT2D eigenvalue weighted by Crippen LogP contribution is -2.44. The largest absolute Gasteiger partial charge is 0.478 e. The summed E-state index contributed by atoms with van der Waals surface area (Å²) in [6.45, 7) is 2.11. The second kappa shape index (κ2) is 8.36. The van der Waals surface area contributed by atoms with Crippen molar-refractivity contribution in [2.45, 2.75) is 30.4 Å². The molecule has 0 radical (unpaired) electrons. The summed E-state index contributed by atoms with van der Waals surface area (Å²) in [5.74, 6) is -0.991. The van der Waals surface area contributed by atoms with Gasteiger partial charge in [0, 0.05) is 30.9 Å². The Kier molecular flexibility index (Phi) is 6.47. The van der Waals surface area contributed by atoms with Gasteiger partial charge in [-0.25, -0.2) is 4.79 Å². The first kappa shape index (κ1) is 17.8. The molecule has 1 heterocycles. The van der Waals surface area contributed by atoms with Crippen LogP contribution in [0.25, 0.3) is 0 Å². The average Bonchev–Trinajstić information content (AvgIpc) is 2.59. The first-order valence-electron chi connectivity index (χ1n) is 7.77. The monoisotopic (exact) mass is 337 g/mol. The van der Waals surface area contributed by atoms with Crippen LogP contribution in [-0.2, 0) is 16.0 Å². The van der Waals surface area contributed by atoms with Crippen LogP contribution in [0.1, 0.15) is 35.2 Å². The molecule has 1 aliphatic heterocycles. The zero-order valence-electron chi connectivity index (χ0n) is 13.3. The molecule has 1 saturated heterocycles. The fourth-order valence-corrected chi connectivity index (χ4v) is 3.53. The van der Waals surface area contributed by atoms with Gasteiger partial charge in [0.15, 0.2) is 0 Å². The van der Waals surface area contributed by atoms with Crippen molar-refractivity contribution in [2.75, 3.05) is 26.0 Å². The molecule has 1 aliphatic rings. The van der Waals surface area contributed by atoms with Crippen LogP contribution in [0, 0.1) is 0 Å². The van der Waals surface area contributed by atoms with Crippen LogP contribution >= 0.6 is 11.8 Å². The summed E-state index contributed by atoms with van der Waals surface area (Å²) in [5.41, 5.74) is 0.964. The van der Waals surface area contributed by atoms with Gasteiger partial charge in [0.1, 0.15) is 0 Å². The van der Waals surface area contributed by atoms with E-state index in [0.29, 0.717) is 24.9 Å². The number of carbonyl (C=O) groups excluding carboxylic acids is 1. The van der Waals surface area contributed by atoms with Crippen molar-refractivity contribution in [3.8, 4) is 0 Å². The Morgan fingerprint density at radius 3 is 2.65 bits per heavy atom. The summed E-state index contributed by atoms with van der Waals surface area (Å²) in [7, 11) is 0. The molecule has 0 unspecified atom stereocenters. The Hall–Kier alpha value is -1.53. The zero-order chi connectivity index (χ0) is 16.7. The Bertz CT molecular complexity index is 555. The molecule has 5 nitrogen and oxygen atoms in total. The van der Waals surface area contributed by atoms with E-state index in [4.69, 9.17) is 9.84 Å². The average molecular weight is 337 g/mol. The molecule has 0 spiro atoms. The highest BCUT2D eigenvalue weighted by Crippen LogP contribution is 2.32. The summed E-state index contributed by atoms with van der Waals surface area (Å²) in [6, 6.07) is 6.82. The van der Waals surface area contributed by atoms with Gasteiger partial charge in [0.05, 0.1) is 5.56 Å². The number of carbonyl (C=O) groups is 2. The van der Waals surface area contributed by atoms with Crippen molar-refractivity contribution in [3.05, 3.63) is 35.4 Å². The summed E-state index contributed by atoms with van der Waals surface area (Å²) in [4.78, 5) is 23.3. The van der Waals surface area contributed by atoms with Crippen LogP contribution in [0.3, 0.4) is 0 Å². The Morgan fingerprint density at radius 1 is 1.30 bits per heavy atom. The highest BCUT2D eigenvalue weighted by molar-refractivity contribution is 8.00. The number of carboxylic acids is 1. The van der Waals surface area contributed by atoms with Crippen LogP contribution < -0.4 is 5.32 Å². The molecule has 1 aromatic rings. The van der Waals surface area contributed by atoms with E-state index in [0.717, 1.165) is 26.1 Å². The zero-order valence-corrected chi connectivity index (χ0v) is 14.2. The molecule has 0 atom stereocenters. The van der Waals surface area contributed by atoms with Crippen LogP contribution in [0.2, 0.25) is 0 Å². The molecule has 1 fully saturated rings. The molecule has 6 heteroatoms. The number of amides is 1. The fourth-order valence-electron chi connectivity index (χ4n) is 2.74. The molecular formula is C17H23NO4S. The third kappa shape index (κ3) is 4.97. The Labute approximate surface area is 140 Å². The van der Waals surface area contributed by atoms with Crippen LogP contribution in [-0.4, -0.2) is 47.7 Å². The van der Waals surface area contributed by atoms with Crippen molar-refractivity contribution in [1.82, 2.24) is 5.32 Å². The molecule has 1 aromatic carbocycles. The minimum Gasteiger partial charge on any atom is -0.478 e. The van der Waals surface area contributed by atoms with E-state index in [1.54, 1.807) is 36.0 Å². The van der Waals surface area contributed by atoms with Gasteiger partial charge in [-0.1, -0.05) is 18.2 Å². The molecular weight excluding hydrogens is 314 g/mol. The van der Waals surface area contributed by atoms with E-state index >= 15 is 0 Å². The van der Waals surface area contributed by atoms with Crippen LogP contribution in [0.5, 0.6) is 0 Å². The number of hydrogen-bond acceptors (Lipinski definition) is 4. The third-order valence-electron chi connectivity index (χ3n) is 4.31. The fraction of sp³-hybridized carbons (Fsp3) is 0.529. The molecule has 126 valence electrons. The maximum atomic E-state index is 12.1. The van der Waals surface area contributed by atoms with Crippen molar-refractivity contribution in [3.63, 3.8) is 0 Å². The summed E-state index contributed by atoms with van der Waals surface area (Å²) >= 11 is 1.78. The number of nitrogens with one attached hydrogen (secondary N) is 1. The van der Waals surface area contributed by atoms with Crippen molar-refractivity contribution < 1.29 is 19.4 Å². The number of rotatable bonds is 7. The van der Waals surface area contributed by atoms with Crippen molar-refractivity contribution in [1.29, 1.82) is 0 Å². The van der Waals surface area contributed by atoms with Gasteiger partial charge in [-0.3, -0.25) is 4.79 Å². The van der Waals surface area contributed by atoms with E-state index < -0.39 is 5.97 Å². The number of thioether (sulfide) groups is 1. The topological polar surface area (TPSA) is 75.6 Å². The maximum Gasteiger partial charge on any atom is 0.335 e. The molecule has 0 bridgehead atoms. The molecule has 23 heavy (non-hydrogen) atoms. The molecule has 1 amide bonds. The lowest BCUT2D eigenvalue weighted by atomic mass is 9.98. The SMILES string of the molecule is CSC1(CNC(=O)CCc2ccccc2C(=O)O)CCOCC1. The van der Waals surface area contributed by atoms with E-state index in [2.05, 4.69) is 11.6 Å². The number of aromatic carboxylic acids is 1. The highest BCUT2D eigenvalue weighted by atomic mass is 32.2. The van der Waals surface area contributed by atoms with Gasteiger partial charge in [-0.05, 0) is 37.1 Å². The number of ether oxygens (including phenoxy) is 1. The highest BCUT2D eigenvalue weighted by Gasteiger charge is 2.31. The lowest BCUT2D eigenvalue weighted by Gasteiger charge is -2.35. The number of aryl methyl sites for hydroxylation is 1. The van der Waals surface area contributed by atoms with Crippen LogP contribution in [0.15, 0.2) is 24.3 Å². The van der Waals surface area contributed by atoms with E-state index in [9.17, 15) is 9.59 Å². The first-order valence-corrected chi connectivity index (χ1v) is 8.99. The molecule has 0 aliphatic carbocycles. The van der Waals surface area contributed by atoms with Gasteiger partial charge in [0.25, 0.3) is 0 Å². The number of benzene rings is 1. The quantitative estimate of drug-likeness (QED) is 0.799. The van der Waals surface area contributed by atoms with E-state index in [1.165, 1.54) is 0 Å². The maximum absolute atomic E-state index is 12.1. The molecule has 2 rings (SSSR count). The Balaban J connectivity index is 1.85. The normalized spacial score (nSPS) is 16.7. The molecule has 2 N–H and O–H groups in total. The second-order valence-electron chi connectivity index (χ2n) is 5.74. The van der Waals surface area contributed by atoms with Gasteiger partial charge in [-0.2, -0.15) is 11.8 Å². The van der Waals surface area contributed by atoms with E-state index in [1.807, 2.05) is 0 Å². The minimum atomic E-state index is -0.954. The third-order valence-corrected chi connectivity index (χ3v) is 5.73. The van der Waals surface area contributed by atoms with Gasteiger partial charge < -0.3 is 15.2 Å². The van der Waals surface area contributed by atoms with Crippen molar-refractivity contribution >= 4 is 23.6 Å². The van der Waals surface area contributed by atoms with E-state index in [-0.39, 0.29) is 16.2 Å². The van der Waals surface area contributed by atoms with Gasteiger partial charge in [0.2, 0.25) is 5.91 Å². The molecule has 0 aromatic heterocycles. The predicted molar refractivity (Wildman–Crippen MR) is 91.0 cm³/mol. The number of carboxylic acid groups (broad SMARTS) is 1. The first-order chi connectivity index (χ1) is 11.1. The van der Waals surface area contributed by atoms with Gasteiger partial charge >= 0.3 is 5.97 Å². The summed E-state index contributed by atoms with van der Waals surface area (Å²) in [6.07, 6.45) is 4.68. The van der Waals surface area contributed by atoms with Crippen LogP contribution in [0.4, 0.5) is 0 Å². The summed E-state index contributed by atoms with van der Waals surface area (Å²) in [5, 5.41) is 12.2. The standard InChI is InChI=1S/C17H23NO4S/c1-23-17(8-10-22-11-9-17)12-18-15(19)7-6-13-4-2-3-5-14(13)16(20)21/h2-5H,6-12H2,1H3,(H,18,19)(H,20,21). The number of hydrogen-bond donors (Lipinski definition) is 2. The minimum absolute atomic E-state index is 0.0369. The molecule has 0 saturated carbocycles. The van der Waals surface area contributed by atoms with Crippen molar-refractivity contribution in [2.24, 2.45) is 0 Å². The Morgan fingerprint density at radius 2 is 2.00 bits per heavy atom. The smallest absolute Gasteiger partial charge is 0.335 e. The second-order valence-corrected chi connectivity index (χ2v) is 7.01. The lowest BCUT2D eigenvalue weighted by molar-refractivity contribution is -0.121. The predicted octanol–water partition coefficient (Wildman–Crippen LogP) is 2.35. The summed E-state index contributed by atoms with van der Waals surface area (Å²) < 4.78 is 5.46.